The van der Waals surface area contributed by atoms with Gasteiger partial charge in [-0.1, -0.05) is 25.5 Å². The zero-order valence-corrected chi connectivity index (χ0v) is 11.4. The monoisotopic (exact) mass is 245 g/mol. The lowest BCUT2D eigenvalue weighted by Gasteiger charge is -2.26. The van der Waals surface area contributed by atoms with E-state index in [0.29, 0.717) is 0 Å². The SMILES string of the molecule is CCC1CCC(C(=O)c2ccc(C)c(N)c2)CC1. The number of nitrogens with two attached hydrogens (primary N) is 1. The molecule has 0 aromatic heterocycles. The molecule has 1 aromatic carbocycles. The van der Waals surface area contributed by atoms with Gasteiger partial charge in [-0.15, -0.1) is 0 Å². The molecule has 0 unspecified atom stereocenters. The van der Waals surface area contributed by atoms with Crippen molar-refractivity contribution >= 4 is 11.5 Å². The van der Waals surface area contributed by atoms with Gasteiger partial charge in [0.15, 0.2) is 5.78 Å². The third kappa shape index (κ3) is 2.74. The molecule has 0 heterocycles. The highest BCUT2D eigenvalue weighted by atomic mass is 16.1. The molecule has 98 valence electrons. The van der Waals surface area contributed by atoms with Gasteiger partial charge in [-0.2, -0.15) is 0 Å². The van der Waals surface area contributed by atoms with Gasteiger partial charge in [-0.3, -0.25) is 4.79 Å². The molecule has 1 fully saturated rings. The van der Waals surface area contributed by atoms with Crippen molar-refractivity contribution in [3.05, 3.63) is 29.3 Å². The standard InChI is InChI=1S/C16H23NO/c1-3-12-5-8-13(9-6-12)16(18)14-7-4-11(2)15(17)10-14/h4,7,10,12-13H,3,5-6,8-9,17H2,1-2H3. The molecule has 2 rings (SSSR count). The zero-order chi connectivity index (χ0) is 13.1. The first-order chi connectivity index (χ1) is 8.61. The molecule has 0 atom stereocenters. The first-order valence-electron chi connectivity index (χ1n) is 7.02. The quantitative estimate of drug-likeness (QED) is 0.646. The Kier molecular flexibility index (Phi) is 4.05. The van der Waals surface area contributed by atoms with Crippen LogP contribution < -0.4 is 5.73 Å². The Morgan fingerprint density at radius 1 is 1.28 bits per heavy atom. The van der Waals surface area contributed by atoms with Gasteiger partial charge in [-0.05, 0) is 50.2 Å². The van der Waals surface area contributed by atoms with Crippen molar-refractivity contribution in [3.8, 4) is 0 Å². The number of benzene rings is 1. The Labute approximate surface area is 110 Å². The Balaban J connectivity index is 2.05. The number of nitrogen functional groups attached to an aromatic ring is 1. The fraction of sp³-hybridized carbons (Fsp3) is 0.562. The number of ketones is 1. The van der Waals surface area contributed by atoms with Gasteiger partial charge in [0, 0.05) is 17.2 Å². The molecular formula is C16H23NO. The summed E-state index contributed by atoms with van der Waals surface area (Å²) >= 11 is 0. The van der Waals surface area contributed by atoms with Gasteiger partial charge in [-0.25, -0.2) is 0 Å². The van der Waals surface area contributed by atoms with E-state index >= 15 is 0 Å². The lowest BCUT2D eigenvalue weighted by molar-refractivity contribution is 0.0871. The van der Waals surface area contributed by atoms with Crippen LogP contribution >= 0.6 is 0 Å². The Bertz CT molecular complexity index is 431. The maximum absolute atomic E-state index is 12.4. The van der Waals surface area contributed by atoms with Crippen LogP contribution in [0.15, 0.2) is 18.2 Å². The lowest BCUT2D eigenvalue weighted by Crippen LogP contribution is -2.21. The van der Waals surface area contributed by atoms with Crippen LogP contribution in [0.2, 0.25) is 0 Å². The number of rotatable bonds is 3. The maximum atomic E-state index is 12.4. The second-order valence-electron chi connectivity index (χ2n) is 5.56. The van der Waals surface area contributed by atoms with Gasteiger partial charge < -0.3 is 5.73 Å². The molecule has 0 radical (unpaired) electrons. The van der Waals surface area contributed by atoms with E-state index in [0.717, 1.165) is 35.6 Å². The fourth-order valence-electron chi connectivity index (χ4n) is 2.86. The molecule has 2 nitrogen and oxygen atoms in total. The summed E-state index contributed by atoms with van der Waals surface area (Å²) in [6.45, 7) is 4.21. The summed E-state index contributed by atoms with van der Waals surface area (Å²) in [5.74, 6) is 1.34. The van der Waals surface area contributed by atoms with Gasteiger partial charge in [0.2, 0.25) is 0 Å². The first kappa shape index (κ1) is 13.1. The highest BCUT2D eigenvalue weighted by Crippen LogP contribution is 2.32. The molecule has 2 heteroatoms. The van der Waals surface area contributed by atoms with Crippen molar-refractivity contribution in [2.75, 3.05) is 5.73 Å². The minimum Gasteiger partial charge on any atom is -0.398 e. The Morgan fingerprint density at radius 2 is 1.94 bits per heavy atom. The van der Waals surface area contributed by atoms with Crippen LogP contribution in [-0.2, 0) is 0 Å². The Hall–Kier alpha value is -1.31. The third-order valence-electron chi connectivity index (χ3n) is 4.36. The number of hydrogen-bond acceptors (Lipinski definition) is 2. The summed E-state index contributed by atoms with van der Waals surface area (Å²) < 4.78 is 0. The minimum atomic E-state index is 0.218. The smallest absolute Gasteiger partial charge is 0.166 e. The van der Waals surface area contributed by atoms with Crippen molar-refractivity contribution in [3.63, 3.8) is 0 Å². The molecule has 1 saturated carbocycles. The third-order valence-corrected chi connectivity index (χ3v) is 4.36. The summed E-state index contributed by atoms with van der Waals surface area (Å²) in [5, 5.41) is 0. The van der Waals surface area contributed by atoms with E-state index in [1.165, 1.54) is 19.3 Å². The highest BCUT2D eigenvalue weighted by Gasteiger charge is 2.26. The summed E-state index contributed by atoms with van der Waals surface area (Å²) in [6, 6.07) is 5.70. The van der Waals surface area contributed by atoms with Crippen LogP contribution in [0.5, 0.6) is 0 Å². The van der Waals surface area contributed by atoms with Crippen molar-refractivity contribution < 1.29 is 4.79 Å². The molecule has 18 heavy (non-hydrogen) atoms. The normalized spacial score (nSPS) is 23.9. The molecule has 1 aromatic rings. The predicted octanol–water partition coefficient (Wildman–Crippen LogP) is 3.98. The van der Waals surface area contributed by atoms with E-state index in [1.54, 1.807) is 0 Å². The number of Topliss-reactive ketones (excluding diaryl/α,β-unsaturated/α-hetero) is 1. The van der Waals surface area contributed by atoms with E-state index in [2.05, 4.69) is 6.92 Å². The van der Waals surface area contributed by atoms with Crippen molar-refractivity contribution in [1.29, 1.82) is 0 Å². The molecule has 0 aliphatic heterocycles. The number of aryl methyl sites for hydroxylation is 1. The van der Waals surface area contributed by atoms with Crippen molar-refractivity contribution in [2.45, 2.75) is 46.0 Å². The van der Waals surface area contributed by atoms with Crippen LogP contribution in [0.3, 0.4) is 0 Å². The van der Waals surface area contributed by atoms with E-state index in [9.17, 15) is 4.79 Å². The second kappa shape index (κ2) is 5.55. The van der Waals surface area contributed by atoms with Crippen molar-refractivity contribution in [2.24, 2.45) is 11.8 Å². The van der Waals surface area contributed by atoms with Crippen molar-refractivity contribution in [1.82, 2.24) is 0 Å². The fourth-order valence-corrected chi connectivity index (χ4v) is 2.86. The predicted molar refractivity (Wildman–Crippen MR) is 75.7 cm³/mol. The zero-order valence-electron chi connectivity index (χ0n) is 11.4. The number of anilines is 1. The van der Waals surface area contributed by atoms with Crippen LogP contribution in [0.1, 0.15) is 54.9 Å². The number of carbonyl (C=O) groups excluding carboxylic acids is 1. The van der Waals surface area contributed by atoms with Gasteiger partial charge in [0.05, 0.1) is 0 Å². The maximum Gasteiger partial charge on any atom is 0.166 e. The average molecular weight is 245 g/mol. The van der Waals surface area contributed by atoms with Gasteiger partial charge in [0.1, 0.15) is 0 Å². The minimum absolute atomic E-state index is 0.218. The topological polar surface area (TPSA) is 43.1 Å². The van der Waals surface area contributed by atoms with Gasteiger partial charge in [0.25, 0.3) is 0 Å². The largest absolute Gasteiger partial charge is 0.398 e. The molecule has 0 amide bonds. The number of hydrogen-bond donors (Lipinski definition) is 1. The number of carbonyl (C=O) groups is 1. The summed E-state index contributed by atoms with van der Waals surface area (Å²) in [4.78, 5) is 12.4. The highest BCUT2D eigenvalue weighted by molar-refractivity contribution is 5.98. The van der Waals surface area contributed by atoms with Gasteiger partial charge >= 0.3 is 0 Å². The van der Waals surface area contributed by atoms with Crippen LogP contribution in [-0.4, -0.2) is 5.78 Å². The molecule has 0 spiro atoms. The average Bonchev–Trinajstić information content (AvgIpc) is 2.41. The van der Waals surface area contributed by atoms with E-state index in [4.69, 9.17) is 5.73 Å². The summed E-state index contributed by atoms with van der Waals surface area (Å²) in [7, 11) is 0. The summed E-state index contributed by atoms with van der Waals surface area (Å²) in [5.41, 5.74) is 8.44. The lowest BCUT2D eigenvalue weighted by atomic mass is 9.78. The summed E-state index contributed by atoms with van der Waals surface area (Å²) in [6.07, 6.45) is 5.75. The molecular weight excluding hydrogens is 222 g/mol. The molecule has 1 aliphatic carbocycles. The van der Waals surface area contributed by atoms with E-state index in [1.807, 2.05) is 25.1 Å². The van der Waals surface area contributed by atoms with Crippen LogP contribution in [0.4, 0.5) is 5.69 Å². The van der Waals surface area contributed by atoms with Crippen LogP contribution in [0, 0.1) is 18.8 Å². The molecule has 1 aliphatic rings. The Morgan fingerprint density at radius 3 is 2.50 bits per heavy atom. The molecule has 2 N–H and O–H groups in total. The van der Waals surface area contributed by atoms with E-state index < -0.39 is 0 Å². The second-order valence-corrected chi connectivity index (χ2v) is 5.56. The van der Waals surface area contributed by atoms with Crippen LogP contribution in [0.25, 0.3) is 0 Å². The first-order valence-corrected chi connectivity index (χ1v) is 7.02. The van der Waals surface area contributed by atoms with E-state index in [-0.39, 0.29) is 11.7 Å². The molecule has 0 saturated heterocycles. The molecule has 0 bridgehead atoms.